The first kappa shape index (κ1) is 18.6. The Bertz CT molecular complexity index is 535. The Hall–Kier alpha value is -0.470. The van der Waals surface area contributed by atoms with Gasteiger partial charge < -0.3 is 9.84 Å². The van der Waals surface area contributed by atoms with Crippen molar-refractivity contribution in [3.05, 3.63) is 15.8 Å². The maximum Gasteiger partial charge on any atom is 0.244 e. The molecule has 1 aromatic rings. The van der Waals surface area contributed by atoms with Crippen LogP contribution in [0.5, 0.6) is 0 Å². The number of sulfonamides is 1. The predicted molar refractivity (Wildman–Crippen MR) is 85.1 cm³/mol. The second-order valence-electron chi connectivity index (χ2n) is 4.87. The number of nitrogens with zero attached hydrogens (tertiary/aromatic N) is 1. The van der Waals surface area contributed by atoms with E-state index in [-0.39, 0.29) is 12.6 Å². The summed E-state index contributed by atoms with van der Waals surface area (Å²) in [6.07, 6.45) is 1.52. The van der Waals surface area contributed by atoms with E-state index in [1.54, 1.807) is 20.1 Å². The van der Waals surface area contributed by atoms with Gasteiger partial charge in [-0.3, -0.25) is 0 Å². The fourth-order valence-corrected chi connectivity index (χ4v) is 5.58. The van der Waals surface area contributed by atoms with Crippen LogP contribution in [0, 0.1) is 6.92 Å². The minimum atomic E-state index is -3.56. The van der Waals surface area contributed by atoms with E-state index in [2.05, 4.69) is 0 Å². The second-order valence-corrected chi connectivity index (χ2v) is 8.07. The van der Waals surface area contributed by atoms with Gasteiger partial charge in [0.2, 0.25) is 10.0 Å². The highest BCUT2D eigenvalue weighted by molar-refractivity contribution is 7.89. The molecule has 0 saturated heterocycles. The molecule has 1 aromatic heterocycles. The average Bonchev–Trinajstić information content (AvgIpc) is 2.85. The number of hydrogen-bond acceptors (Lipinski definition) is 5. The lowest BCUT2D eigenvalue weighted by atomic mass is 10.2. The van der Waals surface area contributed by atoms with E-state index < -0.39 is 10.0 Å². The fourth-order valence-electron chi connectivity index (χ4n) is 2.36. The van der Waals surface area contributed by atoms with Crippen LogP contribution in [0.25, 0.3) is 0 Å². The third-order valence-corrected chi connectivity index (χ3v) is 6.77. The molecule has 0 spiro atoms. The van der Waals surface area contributed by atoms with Crippen LogP contribution in [-0.2, 0) is 21.4 Å². The first-order chi connectivity index (χ1) is 9.92. The molecule has 7 heteroatoms. The standard InChI is InChI=1S/C14H25NO4S2/c1-5-12(6-2)15(7-8-19-4)21(17,18)14-9-13(10-16)20-11(14)3/h9,12,16H,5-8,10H2,1-4H3. The van der Waals surface area contributed by atoms with Gasteiger partial charge in [-0.1, -0.05) is 13.8 Å². The van der Waals surface area contributed by atoms with Gasteiger partial charge in [0.1, 0.15) is 0 Å². The molecule has 1 heterocycles. The van der Waals surface area contributed by atoms with Crippen molar-refractivity contribution in [3.63, 3.8) is 0 Å². The van der Waals surface area contributed by atoms with Crippen LogP contribution in [0.4, 0.5) is 0 Å². The topological polar surface area (TPSA) is 66.8 Å². The Morgan fingerprint density at radius 2 is 2.00 bits per heavy atom. The van der Waals surface area contributed by atoms with Gasteiger partial charge in [-0.25, -0.2) is 8.42 Å². The highest BCUT2D eigenvalue weighted by Gasteiger charge is 2.31. The molecule has 122 valence electrons. The van der Waals surface area contributed by atoms with Crippen LogP contribution in [-0.4, -0.2) is 44.1 Å². The van der Waals surface area contributed by atoms with Gasteiger partial charge in [0.15, 0.2) is 0 Å². The van der Waals surface area contributed by atoms with Crippen molar-refractivity contribution in [1.82, 2.24) is 4.31 Å². The molecule has 0 aromatic carbocycles. The van der Waals surface area contributed by atoms with Crippen molar-refractivity contribution in [2.24, 2.45) is 0 Å². The average molecular weight is 335 g/mol. The summed E-state index contributed by atoms with van der Waals surface area (Å²) < 4.78 is 32.5. The Kier molecular flexibility index (Phi) is 7.29. The predicted octanol–water partition coefficient (Wildman–Crippen LogP) is 2.37. The van der Waals surface area contributed by atoms with Gasteiger partial charge in [0, 0.05) is 29.5 Å². The molecule has 0 aliphatic carbocycles. The summed E-state index contributed by atoms with van der Waals surface area (Å²) in [6.45, 7) is 6.33. The van der Waals surface area contributed by atoms with Crippen LogP contribution >= 0.6 is 11.3 Å². The second kappa shape index (κ2) is 8.24. The quantitative estimate of drug-likeness (QED) is 0.752. The molecule has 0 amide bonds. The molecule has 0 aliphatic heterocycles. The summed E-state index contributed by atoms with van der Waals surface area (Å²) in [5.74, 6) is 0. The molecule has 1 N–H and O–H groups in total. The molecule has 1 rings (SSSR count). The summed E-state index contributed by atoms with van der Waals surface area (Å²) >= 11 is 1.32. The number of ether oxygens (including phenoxy) is 1. The van der Waals surface area contributed by atoms with E-state index in [1.807, 2.05) is 13.8 Å². The lowest BCUT2D eigenvalue weighted by Gasteiger charge is -2.29. The molecule has 0 fully saturated rings. The van der Waals surface area contributed by atoms with Crippen LogP contribution in [0.2, 0.25) is 0 Å². The summed E-state index contributed by atoms with van der Waals surface area (Å²) in [7, 11) is -2.00. The molecular weight excluding hydrogens is 310 g/mol. The zero-order valence-electron chi connectivity index (χ0n) is 13.1. The number of aliphatic hydroxyl groups excluding tert-OH is 1. The van der Waals surface area contributed by atoms with E-state index in [1.165, 1.54) is 15.6 Å². The lowest BCUT2D eigenvalue weighted by Crippen LogP contribution is -2.41. The minimum absolute atomic E-state index is 0.0398. The highest BCUT2D eigenvalue weighted by atomic mass is 32.2. The van der Waals surface area contributed by atoms with Gasteiger partial charge in [-0.15, -0.1) is 11.3 Å². The largest absolute Gasteiger partial charge is 0.391 e. The van der Waals surface area contributed by atoms with E-state index in [0.717, 1.165) is 12.8 Å². The van der Waals surface area contributed by atoms with E-state index in [9.17, 15) is 13.5 Å². The number of aliphatic hydroxyl groups is 1. The summed E-state index contributed by atoms with van der Waals surface area (Å²) in [6, 6.07) is 1.54. The van der Waals surface area contributed by atoms with Gasteiger partial charge in [0.05, 0.1) is 18.1 Å². The van der Waals surface area contributed by atoms with Gasteiger partial charge in [-0.05, 0) is 25.8 Å². The maximum absolute atomic E-state index is 12.9. The summed E-state index contributed by atoms with van der Waals surface area (Å²) in [4.78, 5) is 1.69. The van der Waals surface area contributed by atoms with Crippen molar-refractivity contribution in [2.75, 3.05) is 20.3 Å². The number of rotatable bonds is 9. The Balaban J connectivity index is 3.21. The molecule has 5 nitrogen and oxygen atoms in total. The monoisotopic (exact) mass is 335 g/mol. The summed E-state index contributed by atoms with van der Waals surface area (Å²) in [5, 5.41) is 9.20. The van der Waals surface area contributed by atoms with Crippen LogP contribution in [0.3, 0.4) is 0 Å². The Morgan fingerprint density at radius 1 is 1.38 bits per heavy atom. The van der Waals surface area contributed by atoms with Crippen LogP contribution in [0.15, 0.2) is 11.0 Å². The molecule has 0 bridgehead atoms. The van der Waals surface area contributed by atoms with Gasteiger partial charge in [0.25, 0.3) is 0 Å². The van der Waals surface area contributed by atoms with Crippen molar-refractivity contribution in [2.45, 2.75) is 51.2 Å². The van der Waals surface area contributed by atoms with E-state index in [4.69, 9.17) is 4.74 Å². The molecule has 0 radical (unpaired) electrons. The molecule has 0 saturated carbocycles. The van der Waals surface area contributed by atoms with Gasteiger partial charge in [-0.2, -0.15) is 4.31 Å². The van der Waals surface area contributed by atoms with Crippen LogP contribution in [0.1, 0.15) is 36.4 Å². The smallest absolute Gasteiger partial charge is 0.244 e. The van der Waals surface area contributed by atoms with Gasteiger partial charge >= 0.3 is 0 Å². The zero-order chi connectivity index (χ0) is 16.0. The first-order valence-corrected chi connectivity index (χ1v) is 9.38. The normalized spacial score (nSPS) is 12.5. The molecular formula is C14H25NO4S2. The van der Waals surface area contributed by atoms with E-state index >= 15 is 0 Å². The molecule has 21 heavy (non-hydrogen) atoms. The number of thiophene rings is 1. The molecule has 0 atom stereocenters. The Labute approximate surface area is 131 Å². The van der Waals surface area contributed by atoms with Crippen molar-refractivity contribution in [1.29, 1.82) is 0 Å². The van der Waals surface area contributed by atoms with Crippen LogP contribution < -0.4 is 0 Å². The SMILES string of the molecule is CCC(CC)N(CCOC)S(=O)(=O)c1cc(CO)sc1C. The maximum atomic E-state index is 12.9. The molecule has 0 aliphatic rings. The number of aryl methyl sites for hydroxylation is 1. The third kappa shape index (κ3) is 4.26. The Morgan fingerprint density at radius 3 is 2.43 bits per heavy atom. The third-order valence-electron chi connectivity index (χ3n) is 3.53. The van der Waals surface area contributed by atoms with Crippen molar-refractivity contribution >= 4 is 21.4 Å². The fraction of sp³-hybridized carbons (Fsp3) is 0.714. The minimum Gasteiger partial charge on any atom is -0.391 e. The zero-order valence-corrected chi connectivity index (χ0v) is 14.8. The number of methoxy groups -OCH3 is 1. The lowest BCUT2D eigenvalue weighted by molar-refractivity contribution is 0.163. The van der Waals surface area contributed by atoms with Crippen molar-refractivity contribution in [3.8, 4) is 0 Å². The number of hydrogen-bond donors (Lipinski definition) is 1. The summed E-state index contributed by atoms with van der Waals surface area (Å²) in [5.41, 5.74) is 0. The molecule has 0 unspecified atom stereocenters. The highest BCUT2D eigenvalue weighted by Crippen LogP contribution is 2.30. The van der Waals surface area contributed by atoms with E-state index in [0.29, 0.717) is 27.8 Å². The first-order valence-electron chi connectivity index (χ1n) is 7.13. The van der Waals surface area contributed by atoms with Crippen molar-refractivity contribution < 1.29 is 18.3 Å².